The zero-order valence-corrected chi connectivity index (χ0v) is 11.8. The first-order valence-electron chi connectivity index (χ1n) is 6.21. The molecule has 5 heteroatoms. The largest absolute Gasteiger partial charge is 0.397 e. The van der Waals surface area contributed by atoms with Crippen LogP contribution >= 0.6 is 0 Å². The lowest BCUT2D eigenvalue weighted by molar-refractivity contribution is 0.0305. The van der Waals surface area contributed by atoms with Gasteiger partial charge in [0.1, 0.15) is 6.10 Å². The van der Waals surface area contributed by atoms with E-state index in [-0.39, 0.29) is 13.2 Å². The van der Waals surface area contributed by atoms with Gasteiger partial charge in [-0.05, 0) is 26.3 Å². The first-order chi connectivity index (χ1) is 8.90. The minimum Gasteiger partial charge on any atom is -0.397 e. The van der Waals surface area contributed by atoms with Gasteiger partial charge in [-0.2, -0.15) is 0 Å². The first-order valence-corrected chi connectivity index (χ1v) is 6.21. The molecule has 0 fully saturated rings. The average molecular weight is 274 g/mol. The van der Waals surface area contributed by atoms with E-state index in [4.69, 9.17) is 20.4 Å². The van der Waals surface area contributed by atoms with Crippen molar-refractivity contribution in [2.75, 3.05) is 13.2 Å². The van der Waals surface area contributed by atoms with Crippen molar-refractivity contribution in [3.8, 4) is 0 Å². The molecule has 5 N–H and O–H groups in total. The predicted molar refractivity (Wildman–Crippen MR) is 74.6 cm³/mol. The molecule has 0 aliphatic rings. The van der Waals surface area contributed by atoms with Gasteiger partial charge >= 0.3 is 0 Å². The third kappa shape index (κ3) is 13.3. The maximum absolute atomic E-state index is 9.35. The Morgan fingerprint density at radius 3 is 1.58 bits per heavy atom. The topological polar surface area (TPSA) is 101 Å². The summed E-state index contributed by atoms with van der Waals surface area (Å²) in [4.78, 5) is 0. The van der Waals surface area contributed by atoms with Crippen LogP contribution < -0.4 is 0 Å². The van der Waals surface area contributed by atoms with Gasteiger partial charge in [0, 0.05) is 6.61 Å². The predicted octanol–water partition coefficient (Wildman–Crippen LogP) is 0.459. The zero-order valence-electron chi connectivity index (χ0n) is 11.8. The van der Waals surface area contributed by atoms with Crippen LogP contribution in [-0.4, -0.2) is 51.0 Å². The zero-order chi connectivity index (χ0) is 15.3. The second-order valence-corrected chi connectivity index (χ2v) is 3.94. The summed E-state index contributed by atoms with van der Waals surface area (Å²) in [5.74, 6) is 0. The normalized spacial score (nSPS) is 14.1. The lowest BCUT2D eigenvalue weighted by Gasteiger charge is -2.12. The molecule has 0 saturated carbocycles. The summed E-state index contributed by atoms with van der Waals surface area (Å²) >= 11 is 0. The average Bonchev–Trinajstić information content (AvgIpc) is 2.40. The molecule has 0 bridgehead atoms. The molecule has 3 unspecified atom stereocenters. The summed E-state index contributed by atoms with van der Waals surface area (Å²) in [5.41, 5.74) is 0.752. The van der Waals surface area contributed by atoms with Crippen molar-refractivity contribution in [3.63, 3.8) is 0 Å². The van der Waals surface area contributed by atoms with Crippen molar-refractivity contribution in [1.29, 1.82) is 0 Å². The first kappa shape index (κ1) is 20.3. The van der Waals surface area contributed by atoms with Gasteiger partial charge in [0.25, 0.3) is 0 Å². The van der Waals surface area contributed by atoms with Gasteiger partial charge in [-0.15, -0.1) is 0 Å². The summed E-state index contributed by atoms with van der Waals surface area (Å²) in [5, 5.41) is 41.9. The van der Waals surface area contributed by atoms with Crippen LogP contribution in [0.3, 0.4) is 0 Å². The SMILES string of the molecule is CC(O)C(O)c1ccccc1.CC(O)CO.CCO. The van der Waals surface area contributed by atoms with Crippen LogP contribution in [0.2, 0.25) is 0 Å². The molecule has 0 aromatic heterocycles. The Morgan fingerprint density at radius 2 is 1.32 bits per heavy atom. The highest BCUT2D eigenvalue weighted by atomic mass is 16.3. The molecule has 3 atom stereocenters. The Balaban J connectivity index is 0. The Hall–Kier alpha value is -0.980. The molecule has 0 radical (unpaired) electrons. The molecule has 5 nitrogen and oxygen atoms in total. The Kier molecular flexibility index (Phi) is 14.4. The lowest BCUT2D eigenvalue weighted by Crippen LogP contribution is -2.13. The van der Waals surface area contributed by atoms with Crippen molar-refractivity contribution >= 4 is 0 Å². The number of hydrogen-bond donors (Lipinski definition) is 5. The van der Waals surface area contributed by atoms with Gasteiger partial charge in [0.05, 0.1) is 18.8 Å². The number of aliphatic hydroxyl groups excluding tert-OH is 5. The summed E-state index contributed by atoms with van der Waals surface area (Å²) in [6.07, 6.45) is -2.04. The third-order valence-corrected chi connectivity index (χ3v) is 1.86. The molecule has 0 aliphatic heterocycles. The van der Waals surface area contributed by atoms with Crippen molar-refractivity contribution in [3.05, 3.63) is 35.9 Å². The van der Waals surface area contributed by atoms with Gasteiger partial charge in [0.15, 0.2) is 0 Å². The van der Waals surface area contributed by atoms with Gasteiger partial charge in [-0.25, -0.2) is 0 Å². The molecule has 1 rings (SSSR count). The number of benzene rings is 1. The second-order valence-electron chi connectivity index (χ2n) is 3.94. The van der Waals surface area contributed by atoms with E-state index in [1.54, 1.807) is 26.0 Å². The maximum Gasteiger partial charge on any atom is 0.105 e. The highest BCUT2D eigenvalue weighted by Crippen LogP contribution is 2.15. The van der Waals surface area contributed by atoms with Crippen LogP contribution in [0.4, 0.5) is 0 Å². The van der Waals surface area contributed by atoms with Gasteiger partial charge in [-0.3, -0.25) is 0 Å². The Bertz CT molecular complexity index is 274. The van der Waals surface area contributed by atoms with Crippen LogP contribution in [0.15, 0.2) is 30.3 Å². The van der Waals surface area contributed by atoms with Crippen LogP contribution in [0.1, 0.15) is 32.4 Å². The lowest BCUT2D eigenvalue weighted by atomic mass is 10.1. The maximum atomic E-state index is 9.35. The van der Waals surface area contributed by atoms with E-state index in [2.05, 4.69) is 0 Å². The number of aliphatic hydroxyl groups is 5. The summed E-state index contributed by atoms with van der Waals surface area (Å²) in [7, 11) is 0. The Morgan fingerprint density at radius 1 is 0.947 bits per heavy atom. The molecule has 0 amide bonds. The van der Waals surface area contributed by atoms with Crippen LogP contribution in [0, 0.1) is 0 Å². The minimum atomic E-state index is -0.767. The molecule has 19 heavy (non-hydrogen) atoms. The number of rotatable bonds is 3. The standard InChI is InChI=1S/C9H12O2.C3H8O2.C2H6O/c1-7(10)9(11)8-5-3-2-4-6-8;1-3(5)2-4;1-2-3/h2-7,9-11H,1H3;3-5H,2H2,1H3;3H,2H2,1H3. The minimum absolute atomic E-state index is 0.139. The van der Waals surface area contributed by atoms with E-state index in [0.717, 1.165) is 5.56 Å². The molecule has 112 valence electrons. The molecular weight excluding hydrogens is 248 g/mol. The quantitative estimate of drug-likeness (QED) is 0.551. The fourth-order valence-electron chi connectivity index (χ4n) is 0.929. The van der Waals surface area contributed by atoms with Crippen LogP contribution in [-0.2, 0) is 0 Å². The van der Waals surface area contributed by atoms with Crippen LogP contribution in [0.5, 0.6) is 0 Å². The molecular formula is C14H26O5. The van der Waals surface area contributed by atoms with Crippen molar-refractivity contribution in [2.24, 2.45) is 0 Å². The van der Waals surface area contributed by atoms with E-state index >= 15 is 0 Å². The molecule has 0 saturated heterocycles. The van der Waals surface area contributed by atoms with Crippen molar-refractivity contribution < 1.29 is 25.5 Å². The summed E-state index contributed by atoms with van der Waals surface area (Å²) in [6, 6.07) is 9.12. The van der Waals surface area contributed by atoms with Crippen LogP contribution in [0.25, 0.3) is 0 Å². The molecule has 1 aromatic carbocycles. The summed E-state index contributed by atoms with van der Waals surface area (Å²) < 4.78 is 0. The molecule has 0 aliphatic carbocycles. The van der Waals surface area contributed by atoms with Gasteiger partial charge in [-0.1, -0.05) is 30.3 Å². The summed E-state index contributed by atoms with van der Waals surface area (Å²) in [6.45, 7) is 4.89. The fraction of sp³-hybridized carbons (Fsp3) is 0.571. The molecule has 0 heterocycles. The number of hydrogen-bond acceptors (Lipinski definition) is 5. The van der Waals surface area contributed by atoms with E-state index < -0.39 is 18.3 Å². The van der Waals surface area contributed by atoms with E-state index in [1.165, 1.54) is 6.92 Å². The Labute approximate surface area is 114 Å². The monoisotopic (exact) mass is 274 g/mol. The van der Waals surface area contributed by atoms with Gasteiger partial charge in [0.2, 0.25) is 0 Å². The van der Waals surface area contributed by atoms with E-state index in [1.807, 2.05) is 18.2 Å². The highest BCUT2D eigenvalue weighted by molar-refractivity contribution is 5.17. The smallest absolute Gasteiger partial charge is 0.105 e. The van der Waals surface area contributed by atoms with Crippen molar-refractivity contribution in [2.45, 2.75) is 39.1 Å². The van der Waals surface area contributed by atoms with Gasteiger partial charge < -0.3 is 25.5 Å². The molecule has 1 aromatic rings. The van der Waals surface area contributed by atoms with E-state index in [9.17, 15) is 5.11 Å². The fourth-order valence-corrected chi connectivity index (χ4v) is 0.929. The highest BCUT2D eigenvalue weighted by Gasteiger charge is 2.11. The van der Waals surface area contributed by atoms with Crippen molar-refractivity contribution in [1.82, 2.24) is 0 Å². The molecule has 0 spiro atoms. The third-order valence-electron chi connectivity index (χ3n) is 1.86. The van der Waals surface area contributed by atoms with E-state index in [0.29, 0.717) is 0 Å². The second kappa shape index (κ2) is 13.5.